The van der Waals surface area contributed by atoms with E-state index in [2.05, 4.69) is 6.08 Å². The van der Waals surface area contributed by atoms with Crippen LogP contribution in [0.1, 0.15) is 13.3 Å². The minimum Gasteiger partial charge on any atom is -0.375 e. The molecule has 0 radical (unpaired) electrons. The molecule has 2 nitrogen and oxygen atoms in total. The van der Waals surface area contributed by atoms with Gasteiger partial charge < -0.3 is 10.5 Å². The topological polar surface area (TPSA) is 35.2 Å². The zero-order valence-corrected chi connectivity index (χ0v) is 5.76. The highest BCUT2D eigenvalue weighted by Crippen LogP contribution is 2.09. The van der Waals surface area contributed by atoms with Crippen molar-refractivity contribution < 1.29 is 4.74 Å². The Morgan fingerprint density at radius 1 is 1.56 bits per heavy atom. The summed E-state index contributed by atoms with van der Waals surface area (Å²) in [5.74, 6) is 0. The van der Waals surface area contributed by atoms with Gasteiger partial charge in [0.1, 0.15) is 0 Å². The molecule has 0 saturated heterocycles. The summed E-state index contributed by atoms with van der Waals surface area (Å²) in [7, 11) is 0. The summed E-state index contributed by atoms with van der Waals surface area (Å²) >= 11 is 0. The van der Waals surface area contributed by atoms with Crippen LogP contribution >= 0.6 is 0 Å². The number of rotatable bonds is 0. The van der Waals surface area contributed by atoms with Crippen LogP contribution in [-0.4, -0.2) is 18.8 Å². The maximum atomic E-state index is 5.80. The lowest BCUT2D eigenvalue weighted by atomic mass is 10.0. The monoisotopic (exact) mass is 127 g/mol. The lowest BCUT2D eigenvalue weighted by Crippen LogP contribution is -2.39. The fourth-order valence-electron chi connectivity index (χ4n) is 0.840. The molecule has 0 saturated carbocycles. The van der Waals surface area contributed by atoms with E-state index in [1.807, 2.05) is 13.0 Å². The zero-order valence-electron chi connectivity index (χ0n) is 5.76. The average molecular weight is 127 g/mol. The molecule has 1 aliphatic heterocycles. The molecule has 0 aromatic heterocycles. The largest absolute Gasteiger partial charge is 0.375 e. The molecule has 0 aromatic carbocycles. The lowest BCUT2D eigenvalue weighted by molar-refractivity contribution is 0.120. The Balaban J connectivity index is 2.48. The molecule has 52 valence electrons. The first-order valence-corrected chi connectivity index (χ1v) is 3.22. The third-order valence-corrected chi connectivity index (χ3v) is 1.40. The molecule has 0 aliphatic carbocycles. The molecule has 0 aromatic rings. The summed E-state index contributed by atoms with van der Waals surface area (Å²) < 4.78 is 5.20. The van der Waals surface area contributed by atoms with Crippen LogP contribution in [0, 0.1) is 0 Å². The van der Waals surface area contributed by atoms with Gasteiger partial charge in [0.2, 0.25) is 0 Å². The standard InChI is InChI=1S/C7H13NO/c1-7(8)4-2-3-5-9-6-7/h2-3H,4-6,8H2,1H3. The van der Waals surface area contributed by atoms with Crippen molar-refractivity contribution >= 4 is 0 Å². The summed E-state index contributed by atoms with van der Waals surface area (Å²) in [5.41, 5.74) is 5.66. The Kier molecular flexibility index (Phi) is 1.88. The van der Waals surface area contributed by atoms with Gasteiger partial charge in [-0.3, -0.25) is 0 Å². The summed E-state index contributed by atoms with van der Waals surface area (Å²) in [6.45, 7) is 3.38. The molecule has 0 bridgehead atoms. The van der Waals surface area contributed by atoms with Crippen LogP contribution in [0.4, 0.5) is 0 Å². The lowest BCUT2D eigenvalue weighted by Gasteiger charge is -2.19. The van der Waals surface area contributed by atoms with Gasteiger partial charge >= 0.3 is 0 Å². The second kappa shape index (κ2) is 2.50. The van der Waals surface area contributed by atoms with Gasteiger partial charge in [0.25, 0.3) is 0 Å². The minimum absolute atomic E-state index is 0.146. The van der Waals surface area contributed by atoms with Gasteiger partial charge in [0.15, 0.2) is 0 Å². The SMILES string of the molecule is CC1(N)CC=CCOC1. The van der Waals surface area contributed by atoms with E-state index in [0.717, 1.165) is 6.42 Å². The van der Waals surface area contributed by atoms with Gasteiger partial charge in [0.05, 0.1) is 13.2 Å². The van der Waals surface area contributed by atoms with E-state index < -0.39 is 0 Å². The summed E-state index contributed by atoms with van der Waals surface area (Å²) in [6, 6.07) is 0. The number of nitrogens with two attached hydrogens (primary N) is 1. The Labute approximate surface area is 55.7 Å². The number of hydrogen-bond donors (Lipinski definition) is 1. The van der Waals surface area contributed by atoms with Crippen LogP contribution in [0.3, 0.4) is 0 Å². The first-order valence-electron chi connectivity index (χ1n) is 3.22. The van der Waals surface area contributed by atoms with Crippen molar-refractivity contribution in [3.63, 3.8) is 0 Å². The highest BCUT2D eigenvalue weighted by atomic mass is 16.5. The summed E-state index contributed by atoms with van der Waals surface area (Å²) in [4.78, 5) is 0. The van der Waals surface area contributed by atoms with Crippen LogP contribution < -0.4 is 5.73 Å². The maximum Gasteiger partial charge on any atom is 0.0650 e. The second-order valence-corrected chi connectivity index (χ2v) is 2.84. The summed E-state index contributed by atoms with van der Waals surface area (Å²) in [5, 5.41) is 0. The Morgan fingerprint density at radius 3 is 3.11 bits per heavy atom. The van der Waals surface area contributed by atoms with Crippen molar-refractivity contribution in [2.45, 2.75) is 18.9 Å². The van der Waals surface area contributed by atoms with Crippen molar-refractivity contribution in [1.29, 1.82) is 0 Å². The normalized spacial score (nSPS) is 36.2. The van der Waals surface area contributed by atoms with Crippen molar-refractivity contribution in [1.82, 2.24) is 0 Å². The zero-order chi connectivity index (χ0) is 6.74. The third-order valence-electron chi connectivity index (χ3n) is 1.40. The van der Waals surface area contributed by atoms with E-state index >= 15 is 0 Å². The molecular weight excluding hydrogens is 114 g/mol. The molecule has 0 spiro atoms. The molecular formula is C7H13NO. The quantitative estimate of drug-likeness (QED) is 0.486. The van der Waals surface area contributed by atoms with Crippen LogP contribution in [0.2, 0.25) is 0 Å². The predicted octanol–water partition coefficient (Wildman–Crippen LogP) is 0.680. The molecule has 1 heterocycles. The van der Waals surface area contributed by atoms with Gasteiger partial charge in [-0.05, 0) is 13.3 Å². The maximum absolute atomic E-state index is 5.80. The van der Waals surface area contributed by atoms with E-state index in [1.54, 1.807) is 0 Å². The van der Waals surface area contributed by atoms with Crippen LogP contribution in [0.5, 0.6) is 0 Å². The van der Waals surface area contributed by atoms with Crippen molar-refractivity contribution in [2.75, 3.05) is 13.2 Å². The molecule has 9 heavy (non-hydrogen) atoms. The van der Waals surface area contributed by atoms with E-state index in [4.69, 9.17) is 10.5 Å². The van der Waals surface area contributed by atoms with Crippen molar-refractivity contribution in [2.24, 2.45) is 5.73 Å². The van der Waals surface area contributed by atoms with Crippen LogP contribution in [0.25, 0.3) is 0 Å². The van der Waals surface area contributed by atoms with Crippen LogP contribution in [0.15, 0.2) is 12.2 Å². The minimum atomic E-state index is -0.146. The van der Waals surface area contributed by atoms with Crippen molar-refractivity contribution in [3.8, 4) is 0 Å². The van der Waals surface area contributed by atoms with Gasteiger partial charge in [-0.2, -0.15) is 0 Å². The summed E-state index contributed by atoms with van der Waals surface area (Å²) in [6.07, 6.45) is 5.01. The van der Waals surface area contributed by atoms with Crippen molar-refractivity contribution in [3.05, 3.63) is 12.2 Å². The third kappa shape index (κ3) is 2.16. The number of ether oxygens (including phenoxy) is 1. The average Bonchev–Trinajstić information content (AvgIpc) is 1.92. The van der Waals surface area contributed by atoms with E-state index in [0.29, 0.717) is 13.2 Å². The van der Waals surface area contributed by atoms with E-state index in [1.165, 1.54) is 0 Å². The first kappa shape index (κ1) is 6.78. The molecule has 1 aliphatic rings. The Bertz CT molecular complexity index is 118. The van der Waals surface area contributed by atoms with Gasteiger partial charge in [-0.25, -0.2) is 0 Å². The smallest absolute Gasteiger partial charge is 0.0650 e. The van der Waals surface area contributed by atoms with Crippen LogP contribution in [-0.2, 0) is 4.74 Å². The van der Waals surface area contributed by atoms with Gasteiger partial charge in [-0.15, -0.1) is 0 Å². The number of hydrogen-bond acceptors (Lipinski definition) is 2. The fraction of sp³-hybridized carbons (Fsp3) is 0.714. The molecule has 1 unspecified atom stereocenters. The first-order chi connectivity index (χ1) is 4.21. The Morgan fingerprint density at radius 2 is 2.33 bits per heavy atom. The Hall–Kier alpha value is -0.340. The fourth-order valence-corrected chi connectivity index (χ4v) is 0.840. The van der Waals surface area contributed by atoms with Gasteiger partial charge in [0, 0.05) is 5.54 Å². The molecule has 0 amide bonds. The highest BCUT2D eigenvalue weighted by Gasteiger charge is 2.17. The van der Waals surface area contributed by atoms with E-state index in [9.17, 15) is 0 Å². The second-order valence-electron chi connectivity index (χ2n) is 2.84. The van der Waals surface area contributed by atoms with E-state index in [-0.39, 0.29) is 5.54 Å². The predicted molar refractivity (Wildman–Crippen MR) is 37.2 cm³/mol. The molecule has 0 fully saturated rings. The molecule has 1 rings (SSSR count). The molecule has 2 heteroatoms. The van der Waals surface area contributed by atoms with Gasteiger partial charge in [-0.1, -0.05) is 12.2 Å². The molecule has 2 N–H and O–H groups in total. The molecule has 1 atom stereocenters. The highest BCUT2D eigenvalue weighted by molar-refractivity contribution is 4.94.